The number of nitrogens with two attached hydrogens (primary N) is 1. The van der Waals surface area contributed by atoms with Crippen molar-refractivity contribution in [3.8, 4) is 0 Å². The van der Waals surface area contributed by atoms with Crippen molar-refractivity contribution in [3.63, 3.8) is 0 Å². The largest absolute Gasteiger partial charge is 0.324 e. The average molecular weight is 400 g/mol. The molecule has 158 valence electrons. The SMILES string of the molecule is CCCCCCC(Cc1ccccc1)C(N)(Cc1ccccc1)Cc1ccccc1. The molecule has 0 bridgehead atoms. The fourth-order valence-electron chi connectivity index (χ4n) is 4.61. The molecule has 0 aliphatic rings. The van der Waals surface area contributed by atoms with Crippen LogP contribution in [0, 0.1) is 5.92 Å². The molecule has 0 amide bonds. The van der Waals surface area contributed by atoms with Crippen LogP contribution in [0.4, 0.5) is 0 Å². The summed E-state index contributed by atoms with van der Waals surface area (Å²) in [6, 6.07) is 32.5. The van der Waals surface area contributed by atoms with Gasteiger partial charge in [0.05, 0.1) is 0 Å². The van der Waals surface area contributed by atoms with Crippen molar-refractivity contribution >= 4 is 0 Å². The van der Waals surface area contributed by atoms with Gasteiger partial charge in [0, 0.05) is 5.54 Å². The van der Waals surface area contributed by atoms with E-state index in [1.54, 1.807) is 0 Å². The van der Waals surface area contributed by atoms with Gasteiger partial charge in [-0.2, -0.15) is 0 Å². The molecule has 1 heteroatoms. The van der Waals surface area contributed by atoms with Crippen molar-refractivity contribution in [3.05, 3.63) is 108 Å². The summed E-state index contributed by atoms with van der Waals surface area (Å²) in [7, 11) is 0. The lowest BCUT2D eigenvalue weighted by Crippen LogP contribution is -2.52. The summed E-state index contributed by atoms with van der Waals surface area (Å²) < 4.78 is 0. The Labute approximate surface area is 183 Å². The smallest absolute Gasteiger partial charge is 0.0267 e. The zero-order chi connectivity index (χ0) is 21.1. The highest BCUT2D eigenvalue weighted by molar-refractivity contribution is 5.25. The molecule has 3 aromatic carbocycles. The predicted molar refractivity (Wildman–Crippen MR) is 130 cm³/mol. The van der Waals surface area contributed by atoms with Crippen LogP contribution in [0.2, 0.25) is 0 Å². The second kappa shape index (κ2) is 11.7. The normalized spacial score (nSPS) is 12.6. The number of benzene rings is 3. The van der Waals surface area contributed by atoms with Crippen molar-refractivity contribution in [2.24, 2.45) is 11.7 Å². The van der Waals surface area contributed by atoms with Gasteiger partial charge in [0.25, 0.3) is 0 Å². The fraction of sp³-hybridized carbons (Fsp3) is 0.379. The Kier molecular flexibility index (Phi) is 8.71. The lowest BCUT2D eigenvalue weighted by Gasteiger charge is -2.39. The highest BCUT2D eigenvalue weighted by Crippen LogP contribution is 2.32. The molecule has 1 nitrogen and oxygen atoms in total. The van der Waals surface area contributed by atoms with E-state index in [1.165, 1.54) is 48.8 Å². The van der Waals surface area contributed by atoms with Crippen molar-refractivity contribution in [1.82, 2.24) is 0 Å². The van der Waals surface area contributed by atoms with Crippen LogP contribution < -0.4 is 5.73 Å². The quantitative estimate of drug-likeness (QED) is 0.326. The molecule has 0 spiro atoms. The van der Waals surface area contributed by atoms with Crippen LogP contribution in [0.25, 0.3) is 0 Å². The third kappa shape index (κ3) is 6.85. The summed E-state index contributed by atoms with van der Waals surface area (Å²) in [5, 5.41) is 0. The van der Waals surface area contributed by atoms with Gasteiger partial charge in [0.1, 0.15) is 0 Å². The van der Waals surface area contributed by atoms with E-state index in [-0.39, 0.29) is 5.54 Å². The molecule has 0 fully saturated rings. The second-order valence-corrected chi connectivity index (χ2v) is 8.79. The molecule has 0 saturated carbocycles. The molecule has 3 aromatic rings. The van der Waals surface area contributed by atoms with E-state index in [1.807, 2.05) is 0 Å². The van der Waals surface area contributed by atoms with E-state index in [2.05, 4.69) is 97.9 Å². The Morgan fingerprint density at radius 3 is 1.57 bits per heavy atom. The third-order valence-electron chi connectivity index (χ3n) is 6.30. The predicted octanol–water partition coefficient (Wildman–Crippen LogP) is 7.00. The number of unbranched alkanes of at least 4 members (excludes halogenated alkanes) is 3. The van der Waals surface area contributed by atoms with Gasteiger partial charge in [-0.25, -0.2) is 0 Å². The van der Waals surface area contributed by atoms with Crippen LogP contribution in [0.5, 0.6) is 0 Å². The Morgan fingerprint density at radius 1 is 0.633 bits per heavy atom. The summed E-state index contributed by atoms with van der Waals surface area (Å²) in [6.45, 7) is 2.28. The zero-order valence-electron chi connectivity index (χ0n) is 18.5. The molecule has 2 N–H and O–H groups in total. The van der Waals surface area contributed by atoms with Crippen LogP contribution in [-0.4, -0.2) is 5.54 Å². The van der Waals surface area contributed by atoms with Gasteiger partial charge >= 0.3 is 0 Å². The molecular weight excluding hydrogens is 362 g/mol. The number of hydrogen-bond donors (Lipinski definition) is 1. The minimum Gasteiger partial charge on any atom is -0.324 e. The summed E-state index contributed by atoms with van der Waals surface area (Å²) >= 11 is 0. The number of rotatable bonds is 12. The monoisotopic (exact) mass is 399 g/mol. The zero-order valence-corrected chi connectivity index (χ0v) is 18.5. The molecule has 0 aromatic heterocycles. The first-order valence-corrected chi connectivity index (χ1v) is 11.6. The fourth-order valence-corrected chi connectivity index (χ4v) is 4.61. The minimum atomic E-state index is -0.273. The van der Waals surface area contributed by atoms with E-state index in [0.717, 1.165) is 19.3 Å². The van der Waals surface area contributed by atoms with Gasteiger partial charge in [-0.3, -0.25) is 0 Å². The van der Waals surface area contributed by atoms with Crippen LogP contribution in [0.1, 0.15) is 55.7 Å². The second-order valence-electron chi connectivity index (χ2n) is 8.79. The molecule has 0 aliphatic carbocycles. The molecule has 0 saturated heterocycles. The molecule has 1 unspecified atom stereocenters. The maximum Gasteiger partial charge on any atom is 0.0267 e. The van der Waals surface area contributed by atoms with Crippen molar-refractivity contribution in [2.75, 3.05) is 0 Å². The van der Waals surface area contributed by atoms with Gasteiger partial charge in [-0.1, -0.05) is 124 Å². The first-order chi connectivity index (χ1) is 14.7. The molecule has 30 heavy (non-hydrogen) atoms. The first kappa shape index (κ1) is 22.3. The van der Waals surface area contributed by atoms with E-state index in [4.69, 9.17) is 5.73 Å². The lowest BCUT2D eigenvalue weighted by atomic mass is 9.71. The summed E-state index contributed by atoms with van der Waals surface area (Å²) in [5.41, 5.74) is 11.2. The highest BCUT2D eigenvalue weighted by Gasteiger charge is 2.35. The van der Waals surface area contributed by atoms with Crippen LogP contribution >= 0.6 is 0 Å². The Bertz CT molecular complexity index is 785. The van der Waals surface area contributed by atoms with Crippen LogP contribution in [0.15, 0.2) is 91.0 Å². The Balaban J connectivity index is 1.88. The maximum atomic E-state index is 7.37. The first-order valence-electron chi connectivity index (χ1n) is 11.6. The number of hydrogen-bond acceptors (Lipinski definition) is 1. The minimum absolute atomic E-state index is 0.273. The molecule has 0 aliphatic heterocycles. The van der Waals surface area contributed by atoms with Crippen molar-refractivity contribution in [2.45, 2.75) is 63.8 Å². The Hall–Kier alpha value is -2.38. The van der Waals surface area contributed by atoms with E-state index >= 15 is 0 Å². The van der Waals surface area contributed by atoms with E-state index in [0.29, 0.717) is 5.92 Å². The van der Waals surface area contributed by atoms with Gasteiger partial charge < -0.3 is 5.73 Å². The topological polar surface area (TPSA) is 26.0 Å². The van der Waals surface area contributed by atoms with Crippen LogP contribution in [0.3, 0.4) is 0 Å². The van der Waals surface area contributed by atoms with Crippen molar-refractivity contribution in [1.29, 1.82) is 0 Å². The molecule has 0 heterocycles. The van der Waals surface area contributed by atoms with Crippen LogP contribution in [-0.2, 0) is 19.3 Å². The van der Waals surface area contributed by atoms with Gasteiger partial charge in [0.2, 0.25) is 0 Å². The third-order valence-corrected chi connectivity index (χ3v) is 6.30. The van der Waals surface area contributed by atoms with E-state index < -0.39 is 0 Å². The summed E-state index contributed by atoms with van der Waals surface area (Å²) in [5.74, 6) is 0.442. The van der Waals surface area contributed by atoms with Gasteiger partial charge in [-0.15, -0.1) is 0 Å². The maximum absolute atomic E-state index is 7.37. The molecular formula is C29H37N. The lowest BCUT2D eigenvalue weighted by molar-refractivity contribution is 0.241. The molecule has 3 rings (SSSR count). The average Bonchev–Trinajstić information content (AvgIpc) is 2.78. The van der Waals surface area contributed by atoms with Gasteiger partial charge in [-0.05, 0) is 48.3 Å². The van der Waals surface area contributed by atoms with Gasteiger partial charge in [0.15, 0.2) is 0 Å². The Morgan fingerprint density at radius 2 is 1.10 bits per heavy atom. The standard InChI is InChI=1S/C29H37N/c1-2-3-4-14-21-28(22-25-15-8-5-9-16-25)29(30,23-26-17-10-6-11-18-26)24-27-19-12-7-13-20-27/h5-13,15-20,28H,2-4,14,21-24,30H2,1H3. The highest BCUT2D eigenvalue weighted by atomic mass is 14.8. The summed E-state index contributed by atoms with van der Waals surface area (Å²) in [6.07, 6.45) is 9.19. The van der Waals surface area contributed by atoms with E-state index in [9.17, 15) is 0 Å². The summed E-state index contributed by atoms with van der Waals surface area (Å²) in [4.78, 5) is 0. The molecule has 1 atom stereocenters. The molecule has 0 radical (unpaired) electrons. The van der Waals surface area contributed by atoms with Crippen molar-refractivity contribution < 1.29 is 0 Å².